The predicted octanol–water partition coefficient (Wildman–Crippen LogP) is -0.395. The average Bonchev–Trinajstić information content (AvgIpc) is 3.34. The molecule has 0 radical (unpaired) electrons. The Morgan fingerprint density at radius 1 is 1.25 bits per heavy atom. The molecule has 1 aliphatic heterocycles. The van der Waals surface area contributed by atoms with E-state index in [0.717, 1.165) is 26.3 Å². The second kappa shape index (κ2) is 12.2. The van der Waals surface area contributed by atoms with Crippen molar-refractivity contribution in [3.63, 3.8) is 0 Å². The first-order valence-electron chi connectivity index (χ1n) is 12.0. The van der Waals surface area contributed by atoms with Crippen molar-refractivity contribution in [3.8, 4) is 0 Å². The lowest BCUT2D eigenvalue weighted by Gasteiger charge is -2.31. The standard InChI is InChI=1S/C21H37N6O8P/c1-13(28)36(31,32)35-21(2,3)10-14-16(29)17(30)20(34-14)27-12-26-15-18(24-11-25-19(15)27)23-7-5-9-33-8-4-6-22/h11-14,16-17,20,28-30H,4-10,22H2,1-3H3,(H,31,32)(H,23,24,25)/p+1. The fourth-order valence-corrected chi connectivity index (χ4v) is 4.87. The minimum Gasteiger partial charge on any atom is -0.388 e. The van der Waals surface area contributed by atoms with Gasteiger partial charge >= 0.3 is 7.60 Å². The predicted molar refractivity (Wildman–Crippen MR) is 129 cm³/mol. The second-order valence-electron chi connectivity index (χ2n) is 9.44. The summed E-state index contributed by atoms with van der Waals surface area (Å²) < 4.78 is 30.3. The maximum Gasteiger partial charge on any atom is 0.356 e. The number of aromatic nitrogens is 4. The van der Waals surface area contributed by atoms with Gasteiger partial charge in [0.1, 0.15) is 18.5 Å². The Morgan fingerprint density at radius 3 is 2.67 bits per heavy atom. The molecule has 36 heavy (non-hydrogen) atoms. The largest absolute Gasteiger partial charge is 0.388 e. The van der Waals surface area contributed by atoms with Gasteiger partial charge in [-0.2, -0.15) is 0 Å². The molecule has 0 bridgehead atoms. The number of quaternary nitrogens is 1. The van der Waals surface area contributed by atoms with Gasteiger partial charge in [-0.05, 0) is 27.2 Å². The number of hydrogen-bond donors (Lipinski definition) is 6. The van der Waals surface area contributed by atoms with Gasteiger partial charge < -0.3 is 45.3 Å². The highest BCUT2D eigenvalue weighted by Crippen LogP contribution is 2.51. The molecule has 204 valence electrons. The van der Waals surface area contributed by atoms with Crippen LogP contribution in [0.3, 0.4) is 0 Å². The zero-order chi connectivity index (χ0) is 26.5. The number of anilines is 1. The smallest absolute Gasteiger partial charge is 0.356 e. The van der Waals surface area contributed by atoms with E-state index in [1.807, 2.05) is 0 Å². The van der Waals surface area contributed by atoms with Crippen molar-refractivity contribution in [1.82, 2.24) is 19.5 Å². The fourth-order valence-electron chi connectivity index (χ4n) is 3.93. The van der Waals surface area contributed by atoms with E-state index in [0.29, 0.717) is 36.7 Å². The molecule has 1 saturated heterocycles. The van der Waals surface area contributed by atoms with Crippen molar-refractivity contribution in [2.24, 2.45) is 0 Å². The minimum absolute atomic E-state index is 0.0236. The summed E-state index contributed by atoms with van der Waals surface area (Å²) in [5, 5.41) is 34.1. The lowest BCUT2D eigenvalue weighted by Crippen LogP contribution is -2.50. The first kappa shape index (κ1) is 28.8. The molecule has 3 heterocycles. The fraction of sp³-hybridized carbons (Fsp3) is 0.762. The quantitative estimate of drug-likeness (QED) is 0.135. The van der Waals surface area contributed by atoms with Crippen molar-refractivity contribution in [2.75, 3.05) is 31.6 Å². The molecule has 1 aliphatic rings. The van der Waals surface area contributed by atoms with Crippen LogP contribution in [0.25, 0.3) is 11.2 Å². The summed E-state index contributed by atoms with van der Waals surface area (Å²) >= 11 is 0. The highest BCUT2D eigenvalue weighted by molar-refractivity contribution is 7.53. The van der Waals surface area contributed by atoms with E-state index < -0.39 is 43.6 Å². The number of hydrogen-bond acceptors (Lipinski definition) is 11. The van der Waals surface area contributed by atoms with Crippen molar-refractivity contribution in [1.29, 1.82) is 0 Å². The maximum absolute atomic E-state index is 12.1. The van der Waals surface area contributed by atoms with Gasteiger partial charge in [0.15, 0.2) is 29.1 Å². The van der Waals surface area contributed by atoms with E-state index >= 15 is 0 Å². The summed E-state index contributed by atoms with van der Waals surface area (Å²) in [6.45, 7) is 6.99. The Bertz CT molecular complexity index is 1040. The molecule has 6 unspecified atom stereocenters. The summed E-state index contributed by atoms with van der Waals surface area (Å²) in [6.07, 6.45) is -0.0511. The molecule has 15 heteroatoms. The summed E-state index contributed by atoms with van der Waals surface area (Å²) in [5.41, 5.74) is 3.42. The second-order valence-corrected chi connectivity index (χ2v) is 11.5. The molecule has 2 aromatic heterocycles. The first-order chi connectivity index (χ1) is 17.0. The lowest BCUT2D eigenvalue weighted by atomic mass is 9.97. The van der Waals surface area contributed by atoms with Crippen LogP contribution >= 0.6 is 7.60 Å². The minimum atomic E-state index is -4.29. The van der Waals surface area contributed by atoms with E-state index in [-0.39, 0.29) is 6.42 Å². The van der Waals surface area contributed by atoms with Gasteiger partial charge in [0.05, 0.1) is 31.2 Å². The van der Waals surface area contributed by atoms with Crippen LogP contribution in [0.2, 0.25) is 0 Å². The van der Waals surface area contributed by atoms with Gasteiger partial charge in [-0.3, -0.25) is 9.13 Å². The Kier molecular flexibility index (Phi) is 9.77. The number of imidazole rings is 1. The summed E-state index contributed by atoms with van der Waals surface area (Å²) in [4.78, 5) is 22.8. The van der Waals surface area contributed by atoms with Crippen LogP contribution in [-0.4, -0.2) is 95.8 Å². The molecule has 1 fully saturated rings. The highest BCUT2D eigenvalue weighted by atomic mass is 31.2. The molecule has 8 N–H and O–H groups in total. The number of fused-ring (bicyclic) bond motifs is 1. The molecule has 0 aliphatic carbocycles. The van der Waals surface area contributed by atoms with Gasteiger partial charge in [0.25, 0.3) is 0 Å². The summed E-state index contributed by atoms with van der Waals surface area (Å²) in [7, 11) is -4.29. The molecule has 0 amide bonds. The lowest BCUT2D eigenvalue weighted by molar-refractivity contribution is -0.369. The Morgan fingerprint density at radius 2 is 1.97 bits per heavy atom. The molecule has 0 aromatic carbocycles. The van der Waals surface area contributed by atoms with Crippen LogP contribution in [0.1, 0.15) is 46.3 Å². The monoisotopic (exact) mass is 533 g/mol. The Labute approximate surface area is 209 Å². The number of aliphatic hydroxyl groups excluding tert-OH is 3. The molecule has 0 spiro atoms. The van der Waals surface area contributed by atoms with Gasteiger partial charge in [-0.15, -0.1) is 0 Å². The molecular weight excluding hydrogens is 495 g/mol. The van der Waals surface area contributed by atoms with Crippen LogP contribution in [0.4, 0.5) is 5.82 Å². The third-order valence-corrected chi connectivity index (χ3v) is 7.51. The number of nitrogens with one attached hydrogen (secondary N) is 1. The van der Waals surface area contributed by atoms with Crippen molar-refractivity contribution < 1.29 is 44.5 Å². The number of rotatable bonds is 14. The highest BCUT2D eigenvalue weighted by Gasteiger charge is 2.47. The van der Waals surface area contributed by atoms with E-state index in [1.54, 1.807) is 0 Å². The third-order valence-electron chi connectivity index (χ3n) is 5.81. The van der Waals surface area contributed by atoms with Gasteiger partial charge in [-0.25, -0.2) is 15.0 Å². The van der Waals surface area contributed by atoms with Crippen molar-refractivity contribution >= 4 is 24.6 Å². The van der Waals surface area contributed by atoms with E-state index in [1.165, 1.54) is 31.1 Å². The average molecular weight is 534 g/mol. The SMILES string of the molecule is CC(O)P(=O)(O)OC(C)(C)CC1OC(n2cnc3c(NCCCOCCC[NH3+])ncnc32)C(O)C1O. The van der Waals surface area contributed by atoms with Crippen molar-refractivity contribution in [2.45, 2.75) is 76.0 Å². The van der Waals surface area contributed by atoms with E-state index in [2.05, 4.69) is 26.0 Å². The number of aliphatic hydroxyl groups is 3. The number of nitrogens with zero attached hydrogens (tertiary/aromatic N) is 4. The van der Waals surface area contributed by atoms with Gasteiger partial charge in [-0.1, -0.05) is 0 Å². The molecule has 3 rings (SSSR count). The van der Waals surface area contributed by atoms with Crippen LogP contribution in [-0.2, 0) is 18.6 Å². The summed E-state index contributed by atoms with van der Waals surface area (Å²) in [6, 6.07) is 0. The first-order valence-corrected chi connectivity index (χ1v) is 13.6. The third kappa shape index (κ3) is 6.97. The van der Waals surface area contributed by atoms with Crippen LogP contribution in [0.5, 0.6) is 0 Å². The normalized spacial score (nSPS) is 25.2. The van der Waals surface area contributed by atoms with Crippen LogP contribution in [0, 0.1) is 0 Å². The zero-order valence-corrected chi connectivity index (χ0v) is 21.8. The zero-order valence-electron chi connectivity index (χ0n) is 20.9. The molecule has 0 saturated carbocycles. The van der Waals surface area contributed by atoms with Gasteiger partial charge in [0.2, 0.25) is 0 Å². The Balaban J connectivity index is 1.67. The topological polar surface area (TPSA) is 209 Å². The molecule has 6 atom stereocenters. The molecule has 14 nitrogen and oxygen atoms in total. The Hall–Kier alpha value is -1.74. The summed E-state index contributed by atoms with van der Waals surface area (Å²) in [5.74, 6) is -1.05. The maximum atomic E-state index is 12.1. The van der Waals surface area contributed by atoms with Crippen LogP contribution < -0.4 is 11.1 Å². The van der Waals surface area contributed by atoms with Crippen molar-refractivity contribution in [3.05, 3.63) is 12.7 Å². The number of ether oxygens (including phenoxy) is 2. The van der Waals surface area contributed by atoms with E-state index in [4.69, 9.17) is 14.0 Å². The van der Waals surface area contributed by atoms with E-state index in [9.17, 15) is 24.8 Å². The molecule has 2 aromatic rings. The van der Waals surface area contributed by atoms with Crippen LogP contribution in [0.15, 0.2) is 12.7 Å². The van der Waals surface area contributed by atoms with Gasteiger partial charge in [0, 0.05) is 26.0 Å². The molecular formula is C21H38N6O8P+.